The molecule has 5 nitrogen and oxygen atoms in total. The lowest BCUT2D eigenvalue weighted by molar-refractivity contribution is -0.143. The summed E-state index contributed by atoms with van der Waals surface area (Å²) in [5.74, 6) is -0.198. The molecule has 2 aromatic rings. The fourth-order valence-corrected chi connectivity index (χ4v) is 3.27. The van der Waals surface area contributed by atoms with Crippen LogP contribution in [0.1, 0.15) is 37.9 Å². The van der Waals surface area contributed by atoms with Gasteiger partial charge in [-0.25, -0.2) is 4.79 Å². The van der Waals surface area contributed by atoms with Crippen molar-refractivity contribution in [2.24, 2.45) is 0 Å². The van der Waals surface area contributed by atoms with Crippen LogP contribution in [0.2, 0.25) is 0 Å². The normalized spacial score (nSPS) is 15.1. The topological polar surface area (TPSA) is 59.8 Å². The summed E-state index contributed by atoms with van der Waals surface area (Å²) in [5, 5.41) is 0. The molecule has 0 spiro atoms. The van der Waals surface area contributed by atoms with Crippen molar-refractivity contribution in [3.8, 4) is 0 Å². The number of carbonyl (C=O) groups excluding carboxylic acids is 2. The van der Waals surface area contributed by atoms with E-state index in [2.05, 4.69) is 0 Å². The van der Waals surface area contributed by atoms with Crippen molar-refractivity contribution in [3.05, 3.63) is 60.6 Å². The van der Waals surface area contributed by atoms with Crippen molar-refractivity contribution in [3.63, 3.8) is 0 Å². The number of amides is 1. The van der Waals surface area contributed by atoms with Gasteiger partial charge in [0.2, 0.25) is 0 Å². The number of hydrogen-bond acceptors (Lipinski definition) is 4. The highest BCUT2D eigenvalue weighted by atomic mass is 16.5. The molecular formula is C21H23NO4. The maximum absolute atomic E-state index is 12.8. The van der Waals surface area contributed by atoms with Crippen LogP contribution in [0.3, 0.4) is 0 Å². The molecule has 5 heteroatoms. The Bertz CT molecular complexity index is 731. The second-order valence-electron chi connectivity index (χ2n) is 6.35. The van der Waals surface area contributed by atoms with Crippen molar-refractivity contribution < 1.29 is 18.7 Å². The van der Waals surface area contributed by atoms with Crippen molar-refractivity contribution in [1.29, 1.82) is 0 Å². The SMILES string of the molecule is O=C(/C=C/c1ccco1)OCC(=O)N(c1ccccc1)C1CCCCC1. The molecule has 1 aliphatic rings. The van der Waals surface area contributed by atoms with E-state index < -0.39 is 5.97 Å². The number of rotatable bonds is 6. The predicted octanol–water partition coefficient (Wildman–Crippen LogP) is 4.20. The van der Waals surface area contributed by atoms with Gasteiger partial charge in [0.05, 0.1) is 6.26 Å². The highest BCUT2D eigenvalue weighted by Crippen LogP contribution is 2.27. The van der Waals surface area contributed by atoms with Gasteiger partial charge >= 0.3 is 5.97 Å². The smallest absolute Gasteiger partial charge is 0.331 e. The number of anilines is 1. The fraction of sp³-hybridized carbons (Fsp3) is 0.333. The zero-order chi connectivity index (χ0) is 18.2. The lowest BCUT2D eigenvalue weighted by Gasteiger charge is -2.34. The van der Waals surface area contributed by atoms with Crippen LogP contribution in [-0.4, -0.2) is 24.5 Å². The molecule has 1 amide bonds. The van der Waals surface area contributed by atoms with E-state index >= 15 is 0 Å². The molecule has 0 radical (unpaired) electrons. The number of nitrogens with zero attached hydrogens (tertiary/aromatic N) is 1. The molecule has 1 aromatic heterocycles. The van der Waals surface area contributed by atoms with Crippen molar-refractivity contribution >= 4 is 23.6 Å². The molecule has 1 aliphatic carbocycles. The molecule has 0 aliphatic heterocycles. The minimum Gasteiger partial charge on any atom is -0.465 e. The van der Waals surface area contributed by atoms with E-state index in [0.717, 1.165) is 31.4 Å². The summed E-state index contributed by atoms with van der Waals surface area (Å²) in [6.07, 6.45) is 9.71. The molecule has 0 N–H and O–H groups in total. The fourth-order valence-electron chi connectivity index (χ4n) is 3.27. The number of para-hydroxylation sites is 1. The van der Waals surface area contributed by atoms with Crippen LogP contribution >= 0.6 is 0 Å². The number of benzene rings is 1. The van der Waals surface area contributed by atoms with E-state index in [-0.39, 0.29) is 18.6 Å². The molecule has 1 heterocycles. The molecule has 0 bridgehead atoms. The van der Waals surface area contributed by atoms with Crippen LogP contribution in [0, 0.1) is 0 Å². The highest BCUT2D eigenvalue weighted by Gasteiger charge is 2.27. The van der Waals surface area contributed by atoms with Crippen molar-refractivity contribution in [1.82, 2.24) is 0 Å². The summed E-state index contributed by atoms with van der Waals surface area (Å²) in [4.78, 5) is 26.4. The average Bonchev–Trinajstić information content (AvgIpc) is 3.20. The molecule has 1 saturated carbocycles. The summed E-state index contributed by atoms with van der Waals surface area (Å²) in [6.45, 7) is -0.271. The Kier molecular flexibility index (Phi) is 6.25. The largest absolute Gasteiger partial charge is 0.465 e. The minimum atomic E-state index is -0.564. The Balaban J connectivity index is 1.62. The Labute approximate surface area is 153 Å². The van der Waals surface area contributed by atoms with Gasteiger partial charge in [0.25, 0.3) is 5.91 Å². The third-order valence-corrected chi connectivity index (χ3v) is 4.51. The van der Waals surface area contributed by atoms with Gasteiger partial charge in [-0.1, -0.05) is 37.5 Å². The first-order valence-corrected chi connectivity index (χ1v) is 8.99. The first-order chi connectivity index (χ1) is 12.7. The maximum Gasteiger partial charge on any atom is 0.331 e. The zero-order valence-electron chi connectivity index (χ0n) is 14.7. The number of esters is 1. The van der Waals surface area contributed by atoms with Crippen LogP contribution in [0.15, 0.2) is 59.2 Å². The van der Waals surface area contributed by atoms with Crippen LogP contribution in [-0.2, 0) is 14.3 Å². The molecule has 0 atom stereocenters. The van der Waals surface area contributed by atoms with Gasteiger partial charge in [-0.2, -0.15) is 0 Å². The third-order valence-electron chi connectivity index (χ3n) is 4.51. The molecule has 1 aromatic carbocycles. The molecule has 136 valence electrons. The van der Waals surface area contributed by atoms with Crippen molar-refractivity contribution in [2.45, 2.75) is 38.1 Å². The lowest BCUT2D eigenvalue weighted by Crippen LogP contribution is -2.43. The van der Waals surface area contributed by atoms with E-state index in [4.69, 9.17) is 9.15 Å². The number of hydrogen-bond donors (Lipinski definition) is 0. The molecule has 26 heavy (non-hydrogen) atoms. The summed E-state index contributed by atoms with van der Waals surface area (Å²) in [6, 6.07) is 13.2. The first-order valence-electron chi connectivity index (χ1n) is 8.99. The number of ether oxygens (including phenoxy) is 1. The van der Waals surface area contributed by atoms with Crippen LogP contribution < -0.4 is 4.90 Å². The Morgan fingerprint density at radius 3 is 2.54 bits per heavy atom. The van der Waals surface area contributed by atoms with Crippen LogP contribution in [0.5, 0.6) is 0 Å². The third kappa shape index (κ3) is 4.85. The molecule has 3 rings (SSSR count). The summed E-state index contributed by atoms with van der Waals surface area (Å²) in [5.41, 5.74) is 0.853. The van der Waals surface area contributed by atoms with E-state index in [1.807, 2.05) is 30.3 Å². The maximum atomic E-state index is 12.8. The molecule has 0 unspecified atom stereocenters. The van der Waals surface area contributed by atoms with Crippen LogP contribution in [0.4, 0.5) is 5.69 Å². The molecule has 1 fully saturated rings. The quantitative estimate of drug-likeness (QED) is 0.577. The summed E-state index contributed by atoms with van der Waals surface area (Å²) < 4.78 is 10.3. The van der Waals surface area contributed by atoms with E-state index in [9.17, 15) is 9.59 Å². The standard InChI is InChI=1S/C21H23NO4/c23-20(16-26-21(24)14-13-19-12-7-15-25-19)22(17-8-3-1-4-9-17)18-10-5-2-6-11-18/h1,3-4,7-9,12-15,18H,2,5-6,10-11,16H2/b14-13+. The van der Waals surface area contributed by atoms with Gasteiger partial charge in [-0.3, -0.25) is 4.79 Å². The van der Waals surface area contributed by atoms with E-state index in [1.165, 1.54) is 24.8 Å². The van der Waals surface area contributed by atoms with Gasteiger partial charge in [-0.05, 0) is 43.2 Å². The highest BCUT2D eigenvalue weighted by molar-refractivity contribution is 5.97. The molecular weight excluding hydrogens is 330 g/mol. The monoisotopic (exact) mass is 353 g/mol. The number of carbonyl (C=O) groups is 2. The average molecular weight is 353 g/mol. The lowest BCUT2D eigenvalue weighted by atomic mass is 9.93. The van der Waals surface area contributed by atoms with E-state index in [1.54, 1.807) is 17.0 Å². The van der Waals surface area contributed by atoms with Gasteiger partial charge < -0.3 is 14.1 Å². The summed E-state index contributed by atoms with van der Waals surface area (Å²) in [7, 11) is 0. The van der Waals surface area contributed by atoms with Gasteiger partial charge in [0.15, 0.2) is 6.61 Å². The van der Waals surface area contributed by atoms with Gasteiger partial charge in [0, 0.05) is 17.8 Å². The van der Waals surface area contributed by atoms with E-state index in [0.29, 0.717) is 5.76 Å². The van der Waals surface area contributed by atoms with Crippen LogP contribution in [0.25, 0.3) is 6.08 Å². The first kappa shape index (κ1) is 18.0. The number of furan rings is 1. The zero-order valence-corrected chi connectivity index (χ0v) is 14.7. The predicted molar refractivity (Wildman–Crippen MR) is 99.5 cm³/mol. The Morgan fingerprint density at radius 2 is 1.85 bits per heavy atom. The summed E-state index contributed by atoms with van der Waals surface area (Å²) >= 11 is 0. The van der Waals surface area contributed by atoms with Gasteiger partial charge in [0.1, 0.15) is 5.76 Å². The van der Waals surface area contributed by atoms with Crippen molar-refractivity contribution in [2.75, 3.05) is 11.5 Å². The second kappa shape index (κ2) is 9.04. The second-order valence-corrected chi connectivity index (χ2v) is 6.35. The van der Waals surface area contributed by atoms with Gasteiger partial charge in [-0.15, -0.1) is 0 Å². The Hall–Kier alpha value is -2.82. The molecule has 0 saturated heterocycles. The Morgan fingerprint density at radius 1 is 1.08 bits per heavy atom. The minimum absolute atomic E-state index is 0.163.